The molecule has 4 nitrogen and oxygen atoms in total. The average molecular weight is 351 g/mol. The zero-order valence-corrected chi connectivity index (χ0v) is 14.9. The summed E-state index contributed by atoms with van der Waals surface area (Å²) in [5.41, 5.74) is 1.72. The summed E-state index contributed by atoms with van der Waals surface area (Å²) in [6.45, 7) is 4.21. The van der Waals surface area contributed by atoms with Crippen molar-refractivity contribution in [2.75, 3.05) is 13.7 Å². The molecule has 2 rings (SSSR count). The second kappa shape index (κ2) is 7.77. The van der Waals surface area contributed by atoms with Crippen LogP contribution < -0.4 is 9.46 Å². The number of rotatable bonds is 7. The number of sulfonamides is 1. The van der Waals surface area contributed by atoms with E-state index in [1.165, 1.54) is 18.2 Å². The summed E-state index contributed by atoms with van der Waals surface area (Å²) >= 11 is 0. The summed E-state index contributed by atoms with van der Waals surface area (Å²) in [5.74, 6) is 0.517. The fourth-order valence-electron chi connectivity index (χ4n) is 2.39. The van der Waals surface area contributed by atoms with Crippen molar-refractivity contribution in [1.29, 1.82) is 0 Å². The van der Waals surface area contributed by atoms with Crippen LogP contribution in [0.15, 0.2) is 47.4 Å². The lowest BCUT2D eigenvalue weighted by atomic mass is 10.0. The number of hydrogen-bond donors (Lipinski definition) is 1. The van der Waals surface area contributed by atoms with E-state index in [4.69, 9.17) is 4.74 Å². The summed E-state index contributed by atoms with van der Waals surface area (Å²) in [6, 6.07) is 10.9. The molecule has 0 saturated carbocycles. The van der Waals surface area contributed by atoms with Crippen LogP contribution in [0.5, 0.6) is 5.75 Å². The lowest BCUT2D eigenvalue weighted by Crippen LogP contribution is -2.26. The molecule has 0 bridgehead atoms. The highest BCUT2D eigenvalue weighted by Crippen LogP contribution is 2.28. The first-order valence-corrected chi connectivity index (χ1v) is 9.24. The van der Waals surface area contributed by atoms with E-state index >= 15 is 0 Å². The predicted octanol–water partition coefficient (Wildman–Crippen LogP) is 3.48. The minimum Gasteiger partial charge on any atom is -0.496 e. The van der Waals surface area contributed by atoms with Gasteiger partial charge in [0.2, 0.25) is 10.0 Å². The van der Waals surface area contributed by atoms with Crippen LogP contribution in [0.3, 0.4) is 0 Å². The Kier molecular flexibility index (Phi) is 5.96. The third-order valence-corrected chi connectivity index (χ3v) is 5.21. The van der Waals surface area contributed by atoms with E-state index in [2.05, 4.69) is 4.72 Å². The van der Waals surface area contributed by atoms with E-state index in [9.17, 15) is 12.8 Å². The Balaban J connectivity index is 2.09. The van der Waals surface area contributed by atoms with Gasteiger partial charge in [0.15, 0.2) is 0 Å². The molecule has 0 heterocycles. The van der Waals surface area contributed by atoms with Gasteiger partial charge in [-0.05, 0) is 53.8 Å². The Labute approximate surface area is 142 Å². The molecule has 0 unspecified atom stereocenters. The third-order valence-electron chi connectivity index (χ3n) is 3.75. The molecule has 0 aromatic heterocycles. The molecule has 6 heteroatoms. The Morgan fingerprint density at radius 2 is 1.79 bits per heavy atom. The Morgan fingerprint density at radius 3 is 2.38 bits per heavy atom. The number of benzene rings is 2. The van der Waals surface area contributed by atoms with Gasteiger partial charge in [-0.2, -0.15) is 0 Å². The summed E-state index contributed by atoms with van der Waals surface area (Å²) in [4.78, 5) is 0.214. The average Bonchev–Trinajstić information content (AvgIpc) is 2.55. The molecule has 0 saturated heterocycles. The lowest BCUT2D eigenvalue weighted by molar-refractivity contribution is 0.407. The standard InChI is InChI=1S/C18H22FNO3S/c1-13(2)17-12-16(8-9-18(17)23-3)24(21,22)20-11-10-14-4-6-15(19)7-5-14/h4-9,12-13,20H,10-11H2,1-3H3. The van der Waals surface area contributed by atoms with Gasteiger partial charge in [-0.25, -0.2) is 17.5 Å². The first-order chi connectivity index (χ1) is 11.3. The van der Waals surface area contributed by atoms with Crippen LogP contribution in [-0.2, 0) is 16.4 Å². The van der Waals surface area contributed by atoms with Gasteiger partial charge in [0.05, 0.1) is 12.0 Å². The highest BCUT2D eigenvalue weighted by molar-refractivity contribution is 7.89. The maximum absolute atomic E-state index is 12.9. The molecule has 0 atom stereocenters. The van der Waals surface area contributed by atoms with E-state index in [0.29, 0.717) is 12.2 Å². The number of nitrogens with one attached hydrogen (secondary N) is 1. The fourth-order valence-corrected chi connectivity index (χ4v) is 3.46. The molecule has 2 aromatic carbocycles. The number of methoxy groups -OCH3 is 1. The van der Waals surface area contributed by atoms with Crippen LogP contribution in [0.2, 0.25) is 0 Å². The van der Waals surface area contributed by atoms with Gasteiger partial charge in [0.25, 0.3) is 0 Å². The van der Waals surface area contributed by atoms with Gasteiger partial charge in [-0.15, -0.1) is 0 Å². The Hall–Kier alpha value is -1.92. The van der Waals surface area contributed by atoms with Gasteiger partial charge in [-0.3, -0.25) is 0 Å². The Bertz CT molecular complexity index is 786. The van der Waals surface area contributed by atoms with Gasteiger partial charge in [-0.1, -0.05) is 26.0 Å². The Morgan fingerprint density at radius 1 is 1.12 bits per heavy atom. The molecule has 0 radical (unpaired) electrons. The normalized spacial score (nSPS) is 11.7. The fraction of sp³-hybridized carbons (Fsp3) is 0.333. The zero-order valence-electron chi connectivity index (χ0n) is 14.0. The smallest absolute Gasteiger partial charge is 0.240 e. The summed E-state index contributed by atoms with van der Waals surface area (Å²) in [7, 11) is -2.03. The molecular formula is C18H22FNO3S. The van der Waals surface area contributed by atoms with E-state index in [1.807, 2.05) is 13.8 Å². The molecule has 24 heavy (non-hydrogen) atoms. The van der Waals surface area contributed by atoms with Crippen molar-refractivity contribution in [3.8, 4) is 5.75 Å². The van der Waals surface area contributed by atoms with Crippen molar-refractivity contribution in [2.45, 2.75) is 31.1 Å². The van der Waals surface area contributed by atoms with Crippen molar-refractivity contribution in [2.24, 2.45) is 0 Å². The topological polar surface area (TPSA) is 55.4 Å². The lowest BCUT2D eigenvalue weighted by Gasteiger charge is -2.14. The van der Waals surface area contributed by atoms with Crippen LogP contribution in [0.4, 0.5) is 4.39 Å². The van der Waals surface area contributed by atoms with Gasteiger partial charge in [0, 0.05) is 6.54 Å². The molecule has 2 aromatic rings. The van der Waals surface area contributed by atoms with E-state index in [0.717, 1.165) is 11.1 Å². The van der Waals surface area contributed by atoms with Crippen molar-refractivity contribution in [1.82, 2.24) is 4.72 Å². The van der Waals surface area contributed by atoms with Crippen LogP contribution in [0.25, 0.3) is 0 Å². The van der Waals surface area contributed by atoms with E-state index < -0.39 is 10.0 Å². The molecule has 0 aliphatic carbocycles. The van der Waals surface area contributed by atoms with E-state index in [-0.39, 0.29) is 23.2 Å². The van der Waals surface area contributed by atoms with Crippen molar-refractivity contribution >= 4 is 10.0 Å². The largest absolute Gasteiger partial charge is 0.496 e. The minimum atomic E-state index is -3.60. The maximum Gasteiger partial charge on any atom is 0.240 e. The van der Waals surface area contributed by atoms with Gasteiger partial charge >= 0.3 is 0 Å². The van der Waals surface area contributed by atoms with Gasteiger partial charge < -0.3 is 4.74 Å². The summed E-state index contributed by atoms with van der Waals surface area (Å²) < 4.78 is 45.6. The number of hydrogen-bond acceptors (Lipinski definition) is 3. The molecule has 0 amide bonds. The summed E-state index contributed by atoms with van der Waals surface area (Å²) in [5, 5.41) is 0. The van der Waals surface area contributed by atoms with Crippen LogP contribution in [-0.4, -0.2) is 22.1 Å². The number of ether oxygens (including phenoxy) is 1. The second-order valence-corrected chi connectivity index (χ2v) is 7.60. The third kappa shape index (κ3) is 4.55. The van der Waals surface area contributed by atoms with Crippen molar-refractivity contribution in [3.05, 3.63) is 59.4 Å². The van der Waals surface area contributed by atoms with Gasteiger partial charge in [0.1, 0.15) is 11.6 Å². The molecule has 0 aliphatic heterocycles. The van der Waals surface area contributed by atoms with Crippen LogP contribution >= 0.6 is 0 Å². The first-order valence-electron chi connectivity index (χ1n) is 7.75. The number of halogens is 1. The SMILES string of the molecule is COc1ccc(S(=O)(=O)NCCc2ccc(F)cc2)cc1C(C)C. The zero-order chi connectivity index (χ0) is 17.7. The summed E-state index contributed by atoms with van der Waals surface area (Å²) in [6.07, 6.45) is 0.493. The first kappa shape index (κ1) is 18.4. The second-order valence-electron chi connectivity index (χ2n) is 5.83. The molecule has 0 fully saturated rings. The molecular weight excluding hydrogens is 329 g/mol. The van der Waals surface area contributed by atoms with Crippen molar-refractivity contribution in [3.63, 3.8) is 0 Å². The minimum absolute atomic E-state index is 0.148. The highest BCUT2D eigenvalue weighted by Gasteiger charge is 2.17. The molecule has 1 N–H and O–H groups in total. The monoisotopic (exact) mass is 351 g/mol. The predicted molar refractivity (Wildman–Crippen MR) is 92.4 cm³/mol. The molecule has 130 valence electrons. The van der Waals surface area contributed by atoms with Crippen LogP contribution in [0, 0.1) is 5.82 Å². The maximum atomic E-state index is 12.9. The quantitative estimate of drug-likeness (QED) is 0.831. The highest BCUT2D eigenvalue weighted by atomic mass is 32.2. The molecule has 0 aliphatic rings. The van der Waals surface area contributed by atoms with E-state index in [1.54, 1.807) is 31.4 Å². The molecule has 0 spiro atoms. The van der Waals surface area contributed by atoms with Crippen LogP contribution in [0.1, 0.15) is 30.9 Å². The van der Waals surface area contributed by atoms with Crippen molar-refractivity contribution < 1.29 is 17.5 Å².